The molecule has 0 aliphatic carbocycles. The van der Waals surface area contributed by atoms with Crippen LogP contribution >= 0.6 is 27.3 Å². The molecule has 1 saturated heterocycles. The van der Waals surface area contributed by atoms with Crippen molar-refractivity contribution >= 4 is 27.3 Å². The highest BCUT2D eigenvalue weighted by Gasteiger charge is 2.34. The third-order valence-electron chi connectivity index (χ3n) is 4.24. The van der Waals surface area contributed by atoms with Gasteiger partial charge in [-0.1, -0.05) is 6.92 Å². The standard InChI is InChI=1S/C15H25BrN2OS/c1-2-12(17)15(13-7-8-14(16)20-13)18-9-3-5-11(18)6-4-10-19/h7-8,11-12,15,19H,2-6,9-10,17H2,1H3. The quantitative estimate of drug-likeness (QED) is 0.781. The van der Waals surface area contributed by atoms with Crippen molar-refractivity contribution in [2.45, 2.75) is 57.2 Å². The maximum Gasteiger partial charge on any atom is 0.0702 e. The van der Waals surface area contributed by atoms with E-state index in [1.807, 2.05) is 0 Å². The molecule has 3 unspecified atom stereocenters. The zero-order chi connectivity index (χ0) is 14.5. The predicted molar refractivity (Wildman–Crippen MR) is 89.1 cm³/mol. The first-order valence-electron chi connectivity index (χ1n) is 7.54. The summed E-state index contributed by atoms with van der Waals surface area (Å²) in [6.45, 7) is 3.59. The first-order chi connectivity index (χ1) is 9.67. The van der Waals surface area contributed by atoms with Gasteiger partial charge in [0.1, 0.15) is 0 Å². The van der Waals surface area contributed by atoms with Gasteiger partial charge in [-0.3, -0.25) is 4.90 Å². The molecule has 1 fully saturated rings. The largest absolute Gasteiger partial charge is 0.396 e. The molecule has 1 aromatic rings. The minimum atomic E-state index is 0.176. The molecule has 2 heterocycles. The van der Waals surface area contributed by atoms with E-state index in [-0.39, 0.29) is 6.04 Å². The highest BCUT2D eigenvalue weighted by atomic mass is 79.9. The van der Waals surface area contributed by atoms with Gasteiger partial charge in [0.15, 0.2) is 0 Å². The van der Waals surface area contributed by atoms with Crippen LogP contribution < -0.4 is 5.73 Å². The molecule has 3 atom stereocenters. The second-order valence-electron chi connectivity index (χ2n) is 5.56. The molecule has 0 aromatic carbocycles. The zero-order valence-electron chi connectivity index (χ0n) is 12.1. The van der Waals surface area contributed by atoms with Crippen molar-refractivity contribution in [3.05, 3.63) is 20.8 Å². The van der Waals surface area contributed by atoms with Crippen LogP contribution in [0.1, 0.15) is 49.9 Å². The van der Waals surface area contributed by atoms with Gasteiger partial charge in [-0.25, -0.2) is 0 Å². The molecule has 20 heavy (non-hydrogen) atoms. The van der Waals surface area contributed by atoms with E-state index in [0.717, 1.165) is 25.8 Å². The van der Waals surface area contributed by atoms with Crippen LogP contribution in [0.5, 0.6) is 0 Å². The molecule has 3 nitrogen and oxygen atoms in total. The van der Waals surface area contributed by atoms with E-state index < -0.39 is 0 Å². The third-order valence-corrected chi connectivity index (χ3v) is 5.93. The molecular weight excluding hydrogens is 336 g/mol. The van der Waals surface area contributed by atoms with Gasteiger partial charge in [0, 0.05) is 23.6 Å². The van der Waals surface area contributed by atoms with Crippen LogP contribution in [0.25, 0.3) is 0 Å². The van der Waals surface area contributed by atoms with E-state index in [0.29, 0.717) is 18.7 Å². The zero-order valence-corrected chi connectivity index (χ0v) is 14.5. The Kier molecular flexibility index (Phi) is 6.49. The Bertz CT molecular complexity index is 412. The van der Waals surface area contributed by atoms with Crippen LogP contribution in [-0.2, 0) is 0 Å². The lowest BCUT2D eigenvalue weighted by molar-refractivity contribution is 0.142. The Hall–Kier alpha value is 0.0600. The first kappa shape index (κ1) is 16.4. The number of halogens is 1. The number of rotatable bonds is 7. The minimum absolute atomic E-state index is 0.176. The van der Waals surface area contributed by atoms with Gasteiger partial charge in [-0.15, -0.1) is 11.3 Å². The second kappa shape index (κ2) is 7.90. The molecule has 2 rings (SSSR count). The highest BCUT2D eigenvalue weighted by Crippen LogP contribution is 2.38. The molecule has 1 aliphatic heterocycles. The molecule has 1 aliphatic rings. The fourth-order valence-corrected chi connectivity index (χ4v) is 4.81. The summed E-state index contributed by atoms with van der Waals surface area (Å²) < 4.78 is 1.17. The van der Waals surface area contributed by atoms with Crippen molar-refractivity contribution in [1.29, 1.82) is 0 Å². The third kappa shape index (κ3) is 3.83. The summed E-state index contributed by atoms with van der Waals surface area (Å²) in [4.78, 5) is 3.95. The van der Waals surface area contributed by atoms with Gasteiger partial charge in [0.25, 0.3) is 0 Å². The lowest BCUT2D eigenvalue weighted by atomic mass is 10.0. The van der Waals surface area contributed by atoms with E-state index in [1.54, 1.807) is 11.3 Å². The average molecular weight is 361 g/mol. The SMILES string of the molecule is CCC(N)C(c1ccc(Br)s1)N1CCCC1CCCO. The summed E-state index contributed by atoms with van der Waals surface area (Å²) in [6, 6.07) is 5.40. The molecule has 114 valence electrons. The summed E-state index contributed by atoms with van der Waals surface area (Å²) in [5.74, 6) is 0. The molecule has 0 bridgehead atoms. The van der Waals surface area contributed by atoms with Gasteiger partial charge in [0.2, 0.25) is 0 Å². The number of aliphatic hydroxyl groups excluding tert-OH is 1. The van der Waals surface area contributed by atoms with E-state index in [2.05, 4.69) is 39.9 Å². The van der Waals surface area contributed by atoms with Gasteiger partial charge < -0.3 is 10.8 Å². The molecule has 0 amide bonds. The summed E-state index contributed by atoms with van der Waals surface area (Å²) in [5, 5.41) is 9.08. The number of aliphatic hydroxyl groups is 1. The molecule has 3 N–H and O–H groups in total. The molecule has 0 saturated carbocycles. The Labute approximate surface area is 134 Å². The van der Waals surface area contributed by atoms with Crippen molar-refractivity contribution < 1.29 is 5.11 Å². The fourth-order valence-electron chi connectivity index (χ4n) is 3.19. The van der Waals surface area contributed by atoms with Crippen molar-refractivity contribution in [2.75, 3.05) is 13.2 Å². The van der Waals surface area contributed by atoms with Crippen LogP contribution in [0.2, 0.25) is 0 Å². The molecule has 1 aromatic heterocycles. The second-order valence-corrected chi connectivity index (χ2v) is 8.05. The lowest BCUT2D eigenvalue weighted by Crippen LogP contribution is -2.43. The minimum Gasteiger partial charge on any atom is -0.396 e. The van der Waals surface area contributed by atoms with Crippen LogP contribution in [0.15, 0.2) is 15.9 Å². The van der Waals surface area contributed by atoms with Crippen molar-refractivity contribution in [1.82, 2.24) is 4.90 Å². The van der Waals surface area contributed by atoms with E-state index in [1.165, 1.54) is 21.5 Å². The van der Waals surface area contributed by atoms with E-state index in [9.17, 15) is 0 Å². The van der Waals surface area contributed by atoms with Crippen LogP contribution in [0, 0.1) is 0 Å². The Morgan fingerprint density at radius 3 is 2.95 bits per heavy atom. The van der Waals surface area contributed by atoms with Crippen molar-refractivity contribution in [3.63, 3.8) is 0 Å². The Balaban J connectivity index is 2.17. The predicted octanol–water partition coefficient (Wildman–Crippen LogP) is 3.53. The number of hydrogen-bond acceptors (Lipinski definition) is 4. The average Bonchev–Trinajstić information content (AvgIpc) is 3.06. The molecular formula is C15H25BrN2OS. The highest BCUT2D eigenvalue weighted by molar-refractivity contribution is 9.11. The number of thiophene rings is 1. The Morgan fingerprint density at radius 2 is 2.35 bits per heavy atom. The first-order valence-corrected chi connectivity index (χ1v) is 9.15. The van der Waals surface area contributed by atoms with Crippen molar-refractivity contribution in [2.24, 2.45) is 5.73 Å². The maximum atomic E-state index is 9.08. The van der Waals surface area contributed by atoms with E-state index >= 15 is 0 Å². The summed E-state index contributed by atoms with van der Waals surface area (Å²) in [5.41, 5.74) is 6.43. The monoisotopic (exact) mass is 360 g/mol. The van der Waals surface area contributed by atoms with Gasteiger partial charge >= 0.3 is 0 Å². The molecule has 0 radical (unpaired) electrons. The normalized spacial score (nSPS) is 23.1. The van der Waals surface area contributed by atoms with Crippen LogP contribution in [-0.4, -0.2) is 35.2 Å². The van der Waals surface area contributed by atoms with Crippen LogP contribution in [0.3, 0.4) is 0 Å². The summed E-state index contributed by atoms with van der Waals surface area (Å²) in [7, 11) is 0. The van der Waals surface area contributed by atoms with Crippen LogP contribution in [0.4, 0.5) is 0 Å². The summed E-state index contributed by atoms with van der Waals surface area (Å²) in [6.07, 6.45) is 5.44. The van der Waals surface area contributed by atoms with Crippen molar-refractivity contribution in [3.8, 4) is 0 Å². The van der Waals surface area contributed by atoms with Gasteiger partial charge in [-0.2, -0.15) is 0 Å². The molecule has 0 spiro atoms. The fraction of sp³-hybridized carbons (Fsp3) is 0.733. The number of nitrogens with zero attached hydrogens (tertiary/aromatic N) is 1. The van der Waals surface area contributed by atoms with Gasteiger partial charge in [-0.05, 0) is 66.7 Å². The topological polar surface area (TPSA) is 49.5 Å². The number of hydrogen-bond donors (Lipinski definition) is 2. The van der Waals surface area contributed by atoms with E-state index in [4.69, 9.17) is 10.8 Å². The smallest absolute Gasteiger partial charge is 0.0702 e. The molecule has 5 heteroatoms. The Morgan fingerprint density at radius 1 is 1.55 bits per heavy atom. The summed E-state index contributed by atoms with van der Waals surface area (Å²) >= 11 is 5.36. The number of nitrogens with two attached hydrogens (primary N) is 1. The number of likely N-dealkylation sites (tertiary alicyclic amines) is 1. The lowest BCUT2D eigenvalue weighted by Gasteiger charge is -2.36. The maximum absolute atomic E-state index is 9.08. The van der Waals surface area contributed by atoms with Gasteiger partial charge in [0.05, 0.1) is 9.83 Å².